The van der Waals surface area contributed by atoms with Gasteiger partial charge in [-0.1, -0.05) is 6.07 Å². The van der Waals surface area contributed by atoms with Gasteiger partial charge in [0.15, 0.2) is 0 Å². The molecule has 1 aromatic carbocycles. The normalized spacial score (nSPS) is 12.1. The molecule has 0 fully saturated rings. The molecule has 1 amide bonds. The van der Waals surface area contributed by atoms with Crippen molar-refractivity contribution in [1.82, 2.24) is 20.1 Å². The third kappa shape index (κ3) is 2.72. The van der Waals surface area contributed by atoms with Crippen LogP contribution in [0.4, 0.5) is 0 Å². The maximum absolute atomic E-state index is 11.9. The van der Waals surface area contributed by atoms with Crippen LogP contribution in [-0.4, -0.2) is 33.3 Å². The summed E-state index contributed by atoms with van der Waals surface area (Å²) in [5.41, 5.74) is 6.83. The fourth-order valence-electron chi connectivity index (χ4n) is 1.50. The Morgan fingerprint density at radius 1 is 1.56 bits per heavy atom. The summed E-state index contributed by atoms with van der Waals surface area (Å²) in [4.78, 5) is 15.8. The van der Waals surface area contributed by atoms with E-state index in [0.29, 0.717) is 12.1 Å². The van der Waals surface area contributed by atoms with Gasteiger partial charge in [-0.2, -0.15) is 5.10 Å². The minimum Gasteiger partial charge on any atom is -0.348 e. The average molecular weight is 245 g/mol. The molecule has 2 rings (SSSR count). The highest BCUT2D eigenvalue weighted by atomic mass is 16.1. The number of rotatable bonds is 4. The van der Waals surface area contributed by atoms with Crippen molar-refractivity contribution in [1.29, 1.82) is 0 Å². The number of benzene rings is 1. The van der Waals surface area contributed by atoms with E-state index in [1.54, 1.807) is 29.2 Å². The number of hydrogen-bond donors (Lipinski definition) is 2. The van der Waals surface area contributed by atoms with E-state index in [1.165, 1.54) is 6.33 Å². The van der Waals surface area contributed by atoms with Crippen LogP contribution in [0, 0.1) is 0 Å². The molecule has 3 N–H and O–H groups in total. The van der Waals surface area contributed by atoms with Gasteiger partial charge < -0.3 is 11.1 Å². The first kappa shape index (κ1) is 12.3. The number of amides is 1. The first-order valence-electron chi connectivity index (χ1n) is 5.66. The van der Waals surface area contributed by atoms with Crippen LogP contribution < -0.4 is 11.1 Å². The standard InChI is InChI=1S/C12H15N5O/c1-9(6-13)16-12(18)10-3-2-4-11(5-10)17-8-14-7-15-17/h2-5,7-9H,6,13H2,1H3,(H,16,18)/t9-/m0/s1. The van der Waals surface area contributed by atoms with Crippen molar-refractivity contribution in [3.05, 3.63) is 42.5 Å². The van der Waals surface area contributed by atoms with Gasteiger partial charge in [0.05, 0.1) is 5.69 Å². The van der Waals surface area contributed by atoms with Crippen LogP contribution in [0.2, 0.25) is 0 Å². The predicted octanol–water partition coefficient (Wildman–Crippen LogP) is 0.344. The highest BCUT2D eigenvalue weighted by Crippen LogP contribution is 2.09. The first-order chi connectivity index (χ1) is 8.70. The topological polar surface area (TPSA) is 85.8 Å². The molecule has 1 aromatic heterocycles. The molecular formula is C12H15N5O. The Morgan fingerprint density at radius 3 is 3.06 bits per heavy atom. The highest BCUT2D eigenvalue weighted by molar-refractivity contribution is 5.94. The van der Waals surface area contributed by atoms with Crippen LogP contribution in [0.15, 0.2) is 36.9 Å². The minimum absolute atomic E-state index is 0.0486. The van der Waals surface area contributed by atoms with Gasteiger partial charge in [0.2, 0.25) is 0 Å². The first-order valence-corrected chi connectivity index (χ1v) is 5.66. The minimum atomic E-state index is -0.144. The predicted molar refractivity (Wildman–Crippen MR) is 67.3 cm³/mol. The van der Waals surface area contributed by atoms with E-state index in [2.05, 4.69) is 15.4 Å². The van der Waals surface area contributed by atoms with Gasteiger partial charge in [-0.25, -0.2) is 9.67 Å². The lowest BCUT2D eigenvalue weighted by molar-refractivity contribution is 0.0941. The maximum atomic E-state index is 11.9. The zero-order valence-corrected chi connectivity index (χ0v) is 10.1. The summed E-state index contributed by atoms with van der Waals surface area (Å²) in [6, 6.07) is 7.12. The van der Waals surface area contributed by atoms with E-state index in [4.69, 9.17) is 5.73 Å². The monoisotopic (exact) mass is 245 g/mol. The number of aromatic nitrogens is 3. The summed E-state index contributed by atoms with van der Waals surface area (Å²) in [7, 11) is 0. The molecular weight excluding hydrogens is 230 g/mol. The number of hydrogen-bond acceptors (Lipinski definition) is 4. The number of carbonyl (C=O) groups excluding carboxylic acids is 1. The van der Waals surface area contributed by atoms with Crippen molar-refractivity contribution < 1.29 is 4.79 Å². The van der Waals surface area contributed by atoms with Crippen molar-refractivity contribution in [3.8, 4) is 5.69 Å². The molecule has 0 unspecified atom stereocenters. The van der Waals surface area contributed by atoms with E-state index in [9.17, 15) is 4.79 Å². The van der Waals surface area contributed by atoms with Crippen molar-refractivity contribution in [2.45, 2.75) is 13.0 Å². The molecule has 0 bridgehead atoms. The molecule has 6 nitrogen and oxygen atoms in total. The SMILES string of the molecule is C[C@@H](CN)NC(=O)c1cccc(-n2cncn2)c1. The van der Waals surface area contributed by atoms with Gasteiger partial charge in [0.1, 0.15) is 12.7 Å². The largest absolute Gasteiger partial charge is 0.348 e. The van der Waals surface area contributed by atoms with Gasteiger partial charge in [0.25, 0.3) is 5.91 Å². The molecule has 0 radical (unpaired) electrons. The van der Waals surface area contributed by atoms with Gasteiger partial charge in [-0.15, -0.1) is 0 Å². The highest BCUT2D eigenvalue weighted by Gasteiger charge is 2.09. The fraction of sp³-hybridized carbons (Fsp3) is 0.250. The summed E-state index contributed by atoms with van der Waals surface area (Å²) >= 11 is 0. The van der Waals surface area contributed by atoms with E-state index in [-0.39, 0.29) is 11.9 Å². The molecule has 0 saturated carbocycles. The fourth-order valence-corrected chi connectivity index (χ4v) is 1.50. The second kappa shape index (κ2) is 5.42. The molecule has 1 heterocycles. The van der Waals surface area contributed by atoms with E-state index in [1.807, 2.05) is 13.0 Å². The third-order valence-corrected chi connectivity index (χ3v) is 2.52. The average Bonchev–Trinajstić information content (AvgIpc) is 2.92. The van der Waals surface area contributed by atoms with Crippen LogP contribution in [0.1, 0.15) is 17.3 Å². The maximum Gasteiger partial charge on any atom is 0.251 e. The Morgan fingerprint density at radius 2 is 2.39 bits per heavy atom. The zero-order valence-electron chi connectivity index (χ0n) is 10.1. The van der Waals surface area contributed by atoms with Gasteiger partial charge in [0, 0.05) is 18.2 Å². The summed E-state index contributed by atoms with van der Waals surface area (Å²) in [6.45, 7) is 2.27. The second-order valence-corrected chi connectivity index (χ2v) is 4.00. The molecule has 18 heavy (non-hydrogen) atoms. The lowest BCUT2D eigenvalue weighted by atomic mass is 10.1. The van der Waals surface area contributed by atoms with Crippen LogP contribution in [0.25, 0.3) is 5.69 Å². The van der Waals surface area contributed by atoms with Crippen molar-refractivity contribution in [3.63, 3.8) is 0 Å². The Hall–Kier alpha value is -2.21. The van der Waals surface area contributed by atoms with Crippen LogP contribution in [-0.2, 0) is 0 Å². The number of nitrogens with two attached hydrogens (primary N) is 1. The smallest absolute Gasteiger partial charge is 0.251 e. The van der Waals surface area contributed by atoms with Crippen molar-refractivity contribution >= 4 is 5.91 Å². The molecule has 0 aliphatic heterocycles. The van der Waals surface area contributed by atoms with Crippen LogP contribution >= 0.6 is 0 Å². The number of carbonyl (C=O) groups is 1. The molecule has 1 atom stereocenters. The van der Waals surface area contributed by atoms with Gasteiger partial charge in [-0.3, -0.25) is 4.79 Å². The van der Waals surface area contributed by atoms with Crippen molar-refractivity contribution in [2.24, 2.45) is 5.73 Å². The third-order valence-electron chi connectivity index (χ3n) is 2.52. The lowest BCUT2D eigenvalue weighted by Crippen LogP contribution is -2.37. The Bertz CT molecular complexity index is 523. The Labute approximate surface area is 105 Å². The van der Waals surface area contributed by atoms with Crippen LogP contribution in [0.3, 0.4) is 0 Å². The lowest BCUT2D eigenvalue weighted by Gasteiger charge is -2.11. The molecule has 2 aromatic rings. The summed E-state index contributed by atoms with van der Waals surface area (Å²) in [6.07, 6.45) is 3.03. The van der Waals surface area contributed by atoms with E-state index < -0.39 is 0 Å². The summed E-state index contributed by atoms with van der Waals surface area (Å²) < 4.78 is 1.60. The summed E-state index contributed by atoms with van der Waals surface area (Å²) in [5.74, 6) is -0.144. The van der Waals surface area contributed by atoms with Gasteiger partial charge >= 0.3 is 0 Å². The number of nitrogens with one attached hydrogen (secondary N) is 1. The Kier molecular flexibility index (Phi) is 3.69. The molecule has 6 heteroatoms. The van der Waals surface area contributed by atoms with Crippen LogP contribution in [0.5, 0.6) is 0 Å². The quantitative estimate of drug-likeness (QED) is 0.813. The molecule has 0 aliphatic carbocycles. The molecule has 0 spiro atoms. The van der Waals surface area contributed by atoms with E-state index >= 15 is 0 Å². The summed E-state index contributed by atoms with van der Waals surface area (Å²) in [5, 5.41) is 6.83. The van der Waals surface area contributed by atoms with Crippen molar-refractivity contribution in [2.75, 3.05) is 6.54 Å². The molecule has 0 aliphatic rings. The second-order valence-electron chi connectivity index (χ2n) is 4.00. The van der Waals surface area contributed by atoms with E-state index in [0.717, 1.165) is 5.69 Å². The molecule has 94 valence electrons. The number of nitrogens with zero attached hydrogens (tertiary/aromatic N) is 3. The van der Waals surface area contributed by atoms with Gasteiger partial charge in [-0.05, 0) is 25.1 Å². The molecule has 0 saturated heterocycles. The Balaban J connectivity index is 2.20. The zero-order chi connectivity index (χ0) is 13.0.